The number of primary amides is 6. The smallest absolute Gasteiger partial charge is 0.472 e. The van der Waals surface area contributed by atoms with Crippen LogP contribution < -0.4 is 39.7 Å². The third-order valence-corrected chi connectivity index (χ3v) is 22.3. The predicted octanol–water partition coefficient (Wildman–Crippen LogP) is 4.85. The second kappa shape index (κ2) is 27.2. The van der Waals surface area contributed by atoms with E-state index in [9.17, 15) is 53.2 Å². The minimum Gasteiger partial charge on any atom is -0.685 e. The normalized spacial score (nSPS) is 36.3. The topological polar surface area (TPSA) is 467 Å². The van der Waals surface area contributed by atoms with Crippen LogP contribution in [0.25, 0.3) is 32.3 Å². The Labute approximate surface area is 541 Å². The first-order valence-corrected chi connectivity index (χ1v) is 32.4. The fraction of sp³-hybridized carbons (Fsp3) is 0.677. The summed E-state index contributed by atoms with van der Waals surface area (Å²) in [6, 6.07) is 0.417. The van der Waals surface area contributed by atoms with Crippen molar-refractivity contribution in [3.05, 3.63) is 85.2 Å². The van der Waals surface area contributed by atoms with Crippen LogP contribution in [-0.4, -0.2) is 133 Å². The Morgan fingerprint density at radius 1 is 0.747 bits per heavy atom. The van der Waals surface area contributed by atoms with Crippen LogP contribution in [0.15, 0.2) is 52.8 Å². The SMILES string of the molecule is C/C1=C2/[N-][C@H]([C@H](CC(N)=O)[C@@]2(C)CCC(=O)NC[C@@H](C)OP(=O)(O)O[C@H]2[C@@H](O)[C@@H](n3cnc4cc(C)c(C)cc43)O[C@@H]2CO)[C@]2(C)[N-][C@H](/C(C)=C3\[N-][C@@H](/C=C4\[N-][C@H]1[C@@H](CCC(N)=O)C4(C)C)[C@@H](CCC(N)=O)[C@]3(C)CC(N)=O)[C@@H](CCC(N)=O)[C@]2(C)CC(N)=O.[Co]. The van der Waals surface area contributed by atoms with E-state index < -0.39 is 161 Å². The zero-order valence-corrected chi connectivity index (χ0v) is 55.7. The summed E-state index contributed by atoms with van der Waals surface area (Å²) < 4.78 is 32.3. The molecule has 0 aliphatic carbocycles. The molecule has 1 unspecified atom stereocenters. The zero-order valence-electron chi connectivity index (χ0n) is 53.8. The molecule has 29 heteroatoms. The molecule has 507 valence electrons. The van der Waals surface area contributed by atoms with Crippen LogP contribution in [0.2, 0.25) is 0 Å². The zero-order chi connectivity index (χ0) is 66.7. The molecular formula is C62H92CoN13O14P-4. The van der Waals surface area contributed by atoms with E-state index in [1.807, 2.05) is 87.4 Å². The van der Waals surface area contributed by atoms with Crippen molar-refractivity contribution in [2.24, 2.45) is 79.7 Å². The average molecular weight is 1330 g/mol. The Morgan fingerprint density at radius 3 is 1.90 bits per heavy atom. The summed E-state index contributed by atoms with van der Waals surface area (Å²) in [5, 5.41) is 46.9. The maximum absolute atomic E-state index is 14.4. The third kappa shape index (κ3) is 14.0. The first-order valence-electron chi connectivity index (χ1n) is 30.9. The molecule has 1 aromatic heterocycles. The largest absolute Gasteiger partial charge is 0.685 e. The van der Waals surface area contributed by atoms with E-state index in [4.69, 9.17) is 69.5 Å². The van der Waals surface area contributed by atoms with Gasteiger partial charge in [0, 0.05) is 68.3 Å². The van der Waals surface area contributed by atoms with E-state index in [0.29, 0.717) is 39.3 Å². The molecule has 6 aliphatic rings. The van der Waals surface area contributed by atoms with Gasteiger partial charge in [0.05, 0.1) is 30.1 Å². The van der Waals surface area contributed by atoms with Gasteiger partial charge in [-0.1, -0.05) is 53.6 Å². The van der Waals surface area contributed by atoms with E-state index in [2.05, 4.69) is 10.3 Å². The number of fused-ring (bicyclic) bond motifs is 10. The van der Waals surface area contributed by atoms with Crippen LogP contribution in [0.1, 0.15) is 150 Å². The number of carbonyl (C=O) groups excluding carboxylic acids is 7. The molecule has 0 saturated carbocycles. The van der Waals surface area contributed by atoms with Gasteiger partial charge in [0.2, 0.25) is 41.4 Å². The number of aromatic nitrogens is 2. The van der Waals surface area contributed by atoms with Crippen LogP contribution in [0.4, 0.5) is 0 Å². The number of aryl methyl sites for hydroxylation is 2. The van der Waals surface area contributed by atoms with Crippen molar-refractivity contribution in [2.75, 3.05) is 13.2 Å². The number of amides is 7. The average Bonchev–Trinajstić information content (AvgIpc) is 1.53. The molecule has 27 nitrogen and oxygen atoms in total. The number of hydrogen-bond donors (Lipinski definition) is 10. The van der Waals surface area contributed by atoms with E-state index in [1.54, 1.807) is 4.57 Å². The van der Waals surface area contributed by atoms with Crippen LogP contribution >= 0.6 is 7.82 Å². The standard InChI is InChI=1S/C62H92N13O14P.Co/c1-29-20-39-40(21-30(29)2)75(28-70-39)57-52(84)53(41(27-76)87-57)89-90(85,86)88-31(3)26-69-49(83)18-19-59(8)37(22-46(66)80)56-62(11)61(10,25-48(68)82)36(14-17-45(65)79)51(74-62)33(5)55-60(9,24-47(67)81)34(12-15-43(63)77)38(71-55)23-42-58(6,7)35(13-16-44(64)78)50(72-42)32(4)54(59)73-56;/h20-21,23,28,31,34-38,41,50-53,56-57,76,84H,12-19,22,24-27H2,1-11H3,(H2,63,77)(H2,64,78)(H2,65,79)(H2,66,80)(H2,67,81)(H2,68,82)(H,69,83)(H,85,86);/q-4;/b42-23-,54-32-,55-33-;/t31-,34-,35-,36-,37+,38+,41-,50-,51-,52-,53-,56-,57+,59-,60+,61+,62+;/m1./s1. The Morgan fingerprint density at radius 2 is 1.32 bits per heavy atom. The Kier molecular flexibility index (Phi) is 21.7. The van der Waals surface area contributed by atoms with Crippen molar-refractivity contribution >= 4 is 60.2 Å². The summed E-state index contributed by atoms with van der Waals surface area (Å²) in [5.41, 5.74) is 36.2. The first kappa shape index (κ1) is 72.5. The first-order chi connectivity index (χ1) is 41.8. The molecule has 8 rings (SSSR count). The molecule has 0 spiro atoms. The van der Waals surface area contributed by atoms with Crippen LogP contribution in [0, 0.1) is 59.2 Å². The molecule has 5 saturated heterocycles. The van der Waals surface area contributed by atoms with Gasteiger partial charge in [0.25, 0.3) is 0 Å². The van der Waals surface area contributed by atoms with E-state index in [0.717, 1.165) is 11.1 Å². The number of aliphatic hydroxyl groups is 2. The second-order valence-electron chi connectivity index (χ2n) is 27.5. The molecule has 7 amide bonds. The van der Waals surface area contributed by atoms with Crippen molar-refractivity contribution in [1.82, 2.24) is 14.9 Å². The number of nitrogens with two attached hydrogens (primary N) is 6. The van der Waals surface area contributed by atoms with Crippen LogP contribution in [-0.2, 0) is 68.7 Å². The van der Waals surface area contributed by atoms with Crippen molar-refractivity contribution in [1.29, 1.82) is 0 Å². The second-order valence-corrected chi connectivity index (χ2v) is 28.9. The maximum Gasteiger partial charge on any atom is 0.472 e. The van der Waals surface area contributed by atoms with Crippen molar-refractivity contribution in [2.45, 2.75) is 207 Å². The van der Waals surface area contributed by atoms with Gasteiger partial charge in [-0.25, -0.2) is 9.55 Å². The number of phosphoric acid groups is 1. The summed E-state index contributed by atoms with van der Waals surface area (Å²) >= 11 is 0. The Balaban J connectivity index is 0.0000118. The van der Waals surface area contributed by atoms with Gasteiger partial charge in [-0.15, -0.1) is 34.8 Å². The van der Waals surface area contributed by atoms with E-state index >= 15 is 0 Å². The molecule has 91 heavy (non-hydrogen) atoms. The molecule has 6 aliphatic heterocycles. The third-order valence-electron chi connectivity index (χ3n) is 21.2. The van der Waals surface area contributed by atoms with Gasteiger partial charge in [0.1, 0.15) is 18.3 Å². The number of ether oxygens (including phenoxy) is 1. The minimum atomic E-state index is -5.06. The Hall–Kier alpha value is -5.94. The monoisotopic (exact) mass is 1330 g/mol. The summed E-state index contributed by atoms with van der Waals surface area (Å²) in [6.45, 7) is 19.5. The number of allylic oxidation sites excluding steroid dienone is 3. The van der Waals surface area contributed by atoms with Gasteiger partial charge in [0.15, 0.2) is 6.23 Å². The molecule has 16 N–H and O–H groups in total. The minimum absolute atomic E-state index is 0. The Bertz CT molecular complexity index is 3340. The molecule has 8 bridgehead atoms. The quantitative estimate of drug-likeness (QED) is 0.0563. The molecular weight excluding hydrogens is 1240 g/mol. The van der Waals surface area contributed by atoms with Gasteiger partial charge < -0.3 is 85.4 Å². The summed E-state index contributed by atoms with van der Waals surface area (Å²) in [5.74, 6) is -6.86. The number of nitrogens with one attached hydrogen (secondary N) is 1. The number of carbonyl (C=O) groups is 7. The summed E-state index contributed by atoms with van der Waals surface area (Å²) in [4.78, 5) is 109. The number of benzene rings is 1. The molecule has 1 radical (unpaired) electrons. The summed E-state index contributed by atoms with van der Waals surface area (Å²) in [6.07, 6.45) is -3.96. The van der Waals surface area contributed by atoms with Crippen LogP contribution in [0.5, 0.6) is 0 Å². The van der Waals surface area contributed by atoms with Crippen molar-refractivity contribution < 1.29 is 83.8 Å². The van der Waals surface area contributed by atoms with E-state index in [-0.39, 0.29) is 94.0 Å². The fourth-order valence-corrected chi connectivity index (χ4v) is 17.3. The van der Waals surface area contributed by atoms with Gasteiger partial charge >= 0.3 is 7.82 Å². The fourth-order valence-electron chi connectivity index (χ4n) is 16.1. The molecule has 7 heterocycles. The maximum atomic E-state index is 14.4. The van der Waals surface area contributed by atoms with Crippen molar-refractivity contribution in [3.63, 3.8) is 0 Å². The van der Waals surface area contributed by atoms with Crippen LogP contribution in [0.3, 0.4) is 0 Å². The number of imidazole rings is 1. The summed E-state index contributed by atoms with van der Waals surface area (Å²) in [7, 11) is -5.06. The molecule has 1 aromatic carbocycles. The number of aliphatic hydroxyl groups excluding tert-OH is 2. The number of rotatable bonds is 26. The molecule has 5 fully saturated rings. The van der Waals surface area contributed by atoms with Gasteiger partial charge in [-0.3, -0.25) is 42.6 Å². The van der Waals surface area contributed by atoms with Crippen molar-refractivity contribution in [3.8, 4) is 0 Å². The molecule has 2 aromatic rings. The number of nitrogens with zero attached hydrogens (tertiary/aromatic N) is 6. The van der Waals surface area contributed by atoms with Gasteiger partial charge in [-0.2, -0.15) is 17.1 Å². The van der Waals surface area contributed by atoms with E-state index in [1.165, 1.54) is 13.3 Å². The number of phosphoric ester groups is 1. The number of hydrogen-bond acceptors (Lipinski definition) is 14. The van der Waals surface area contributed by atoms with Gasteiger partial charge in [-0.05, 0) is 129 Å². The predicted molar refractivity (Wildman–Crippen MR) is 333 cm³/mol. The molecule has 18 atom stereocenters.